The molecule has 0 unspecified atom stereocenters. The van der Waals surface area contributed by atoms with Crippen LogP contribution in [0.25, 0.3) is 0 Å². The highest BCUT2D eigenvalue weighted by molar-refractivity contribution is 6.94. The maximum absolute atomic E-state index is 9.45. The quantitative estimate of drug-likeness (QED) is 0.558. The number of unbranched alkanes of at least 4 members (excludes halogenated alkanes) is 4. The predicted octanol–water partition coefficient (Wildman–Crippen LogP) is 4.16. The summed E-state index contributed by atoms with van der Waals surface area (Å²) in [4.78, 5) is 0. The number of benzene rings is 1. The zero-order valence-electron chi connectivity index (χ0n) is 12.7. The van der Waals surface area contributed by atoms with E-state index in [0.29, 0.717) is 0 Å². The summed E-state index contributed by atoms with van der Waals surface area (Å²) < 4.78 is 0. The monoisotopic (exact) mass is 276 g/mol. The van der Waals surface area contributed by atoms with Gasteiger partial charge < -0.3 is 5.11 Å². The minimum absolute atomic E-state index is 0.150. The number of aliphatic hydroxyl groups excluding tert-OH is 1. The van der Waals surface area contributed by atoms with E-state index in [4.69, 9.17) is 0 Å². The normalized spacial score (nSPS) is 12.2. The number of hydrogen-bond donors (Lipinski definition) is 1. The summed E-state index contributed by atoms with van der Waals surface area (Å²) in [6.45, 7) is 7.10. The Kier molecular flexibility index (Phi) is 7.10. The summed E-state index contributed by atoms with van der Waals surface area (Å²) in [5, 5.41) is 10.8. The maximum atomic E-state index is 9.45. The second-order valence-corrected chi connectivity index (χ2v) is 10.1. The third kappa shape index (κ3) is 5.33. The molecule has 0 bridgehead atoms. The second-order valence-electron chi connectivity index (χ2n) is 5.79. The van der Waals surface area contributed by atoms with E-state index in [1.165, 1.54) is 37.3 Å². The molecule has 0 saturated carbocycles. The summed E-state index contributed by atoms with van der Waals surface area (Å²) in [5.74, 6) is 0. The first-order valence-electron chi connectivity index (χ1n) is 7.48. The van der Waals surface area contributed by atoms with Crippen molar-refractivity contribution in [2.75, 3.05) is 0 Å². The predicted molar refractivity (Wildman–Crippen MR) is 87.4 cm³/mol. The zero-order valence-corrected chi connectivity index (χ0v) is 13.7. The van der Waals surface area contributed by atoms with Crippen molar-refractivity contribution in [1.29, 1.82) is 0 Å². The van der Waals surface area contributed by atoms with E-state index in [-0.39, 0.29) is 6.61 Å². The summed E-state index contributed by atoms with van der Waals surface area (Å²) in [7, 11) is -1.55. The van der Waals surface area contributed by atoms with Crippen molar-refractivity contribution >= 4 is 13.3 Å². The zero-order chi connectivity index (χ0) is 14.1. The Balaban J connectivity index is 2.61. The Morgan fingerprint density at radius 1 is 1.11 bits per heavy atom. The lowest BCUT2D eigenvalue weighted by Gasteiger charge is -2.21. The molecule has 0 aliphatic carbocycles. The fourth-order valence-electron chi connectivity index (χ4n) is 2.44. The molecule has 106 valence electrons. The van der Waals surface area contributed by atoms with Gasteiger partial charge in [0.15, 0.2) is 0 Å². The molecule has 19 heavy (non-hydrogen) atoms. The van der Waals surface area contributed by atoms with E-state index in [1.54, 1.807) is 0 Å². The van der Waals surface area contributed by atoms with Gasteiger partial charge in [0.05, 0.1) is 6.61 Å². The standard InChI is InChI=1S/C17H28OSi/c1-4-5-6-7-8-11-14-19(2,3)17-13-10-9-12-16(17)15-18/h9-14,18H,4-8,15H2,1-3H3. The highest BCUT2D eigenvalue weighted by Crippen LogP contribution is 2.11. The molecule has 0 radical (unpaired) electrons. The van der Waals surface area contributed by atoms with Crippen LogP contribution in [0.3, 0.4) is 0 Å². The summed E-state index contributed by atoms with van der Waals surface area (Å²) in [6, 6.07) is 8.31. The molecule has 1 aromatic carbocycles. The third-order valence-corrected chi connectivity index (χ3v) is 6.59. The lowest BCUT2D eigenvalue weighted by molar-refractivity contribution is 0.283. The van der Waals surface area contributed by atoms with Gasteiger partial charge in [0.25, 0.3) is 0 Å². The van der Waals surface area contributed by atoms with Gasteiger partial charge in [0, 0.05) is 0 Å². The van der Waals surface area contributed by atoms with Crippen LogP contribution in [0.1, 0.15) is 44.6 Å². The van der Waals surface area contributed by atoms with Crippen molar-refractivity contribution in [1.82, 2.24) is 0 Å². The minimum Gasteiger partial charge on any atom is -0.392 e. The fraction of sp³-hybridized carbons (Fsp3) is 0.529. The Morgan fingerprint density at radius 3 is 2.53 bits per heavy atom. The highest BCUT2D eigenvalue weighted by atomic mass is 28.3. The third-order valence-electron chi connectivity index (χ3n) is 3.64. The van der Waals surface area contributed by atoms with Gasteiger partial charge in [-0.15, -0.1) is 0 Å². The first kappa shape index (κ1) is 16.2. The Bertz CT molecular complexity index is 396. The van der Waals surface area contributed by atoms with Crippen molar-refractivity contribution in [3.8, 4) is 0 Å². The molecule has 0 amide bonds. The van der Waals surface area contributed by atoms with Crippen LogP contribution in [0, 0.1) is 0 Å². The van der Waals surface area contributed by atoms with Crippen molar-refractivity contribution < 1.29 is 5.11 Å². The molecule has 1 aromatic rings. The fourth-order valence-corrected chi connectivity index (χ4v) is 4.89. The van der Waals surface area contributed by atoms with Crippen LogP contribution in [0.4, 0.5) is 0 Å². The van der Waals surface area contributed by atoms with Gasteiger partial charge in [-0.3, -0.25) is 0 Å². The molecule has 0 fully saturated rings. The summed E-state index contributed by atoms with van der Waals surface area (Å²) in [5.41, 5.74) is 3.52. The molecular weight excluding hydrogens is 248 g/mol. The van der Waals surface area contributed by atoms with Gasteiger partial charge in [-0.25, -0.2) is 0 Å². The van der Waals surface area contributed by atoms with Crippen LogP contribution in [-0.2, 0) is 6.61 Å². The molecule has 1 nitrogen and oxygen atoms in total. The van der Waals surface area contributed by atoms with Crippen molar-refractivity contribution in [2.24, 2.45) is 0 Å². The number of allylic oxidation sites excluding steroid dienone is 1. The summed E-state index contributed by atoms with van der Waals surface area (Å²) >= 11 is 0. The largest absolute Gasteiger partial charge is 0.392 e. The van der Waals surface area contributed by atoms with E-state index in [1.807, 2.05) is 12.1 Å². The Hall–Kier alpha value is -0.863. The van der Waals surface area contributed by atoms with E-state index < -0.39 is 8.07 Å². The molecule has 2 heteroatoms. The Labute approximate surface area is 119 Å². The van der Waals surface area contributed by atoms with Crippen molar-refractivity contribution in [2.45, 2.75) is 58.7 Å². The average Bonchev–Trinajstić information content (AvgIpc) is 2.42. The van der Waals surface area contributed by atoms with Crippen LogP contribution in [0.5, 0.6) is 0 Å². The Morgan fingerprint density at radius 2 is 1.84 bits per heavy atom. The van der Waals surface area contributed by atoms with Crippen molar-refractivity contribution in [3.05, 3.63) is 41.6 Å². The van der Waals surface area contributed by atoms with Gasteiger partial charge in [-0.1, -0.05) is 75.3 Å². The molecule has 0 aromatic heterocycles. The SMILES string of the molecule is CCCCCCC=C[Si](C)(C)c1ccccc1CO. The van der Waals surface area contributed by atoms with Gasteiger partial charge in [0.1, 0.15) is 8.07 Å². The molecule has 0 heterocycles. The topological polar surface area (TPSA) is 20.2 Å². The molecule has 0 aliphatic rings. The first-order valence-corrected chi connectivity index (χ1v) is 10.6. The van der Waals surface area contributed by atoms with Crippen LogP contribution < -0.4 is 5.19 Å². The molecular formula is C17H28OSi. The molecule has 0 atom stereocenters. The first-order chi connectivity index (χ1) is 9.11. The minimum atomic E-state index is -1.55. The van der Waals surface area contributed by atoms with Gasteiger partial charge in [-0.05, 0) is 23.6 Å². The average molecular weight is 276 g/mol. The number of rotatable bonds is 8. The summed E-state index contributed by atoms with van der Waals surface area (Å²) in [6.07, 6.45) is 8.84. The van der Waals surface area contributed by atoms with E-state index in [9.17, 15) is 5.11 Å². The van der Waals surface area contributed by atoms with E-state index in [0.717, 1.165) is 5.56 Å². The second kappa shape index (κ2) is 8.34. The molecule has 1 N–H and O–H groups in total. The van der Waals surface area contributed by atoms with Crippen LogP contribution in [0.2, 0.25) is 13.1 Å². The number of hydrogen-bond acceptors (Lipinski definition) is 1. The smallest absolute Gasteiger partial charge is 0.104 e. The van der Waals surface area contributed by atoms with Crippen LogP contribution >= 0.6 is 0 Å². The van der Waals surface area contributed by atoms with Gasteiger partial charge in [-0.2, -0.15) is 0 Å². The van der Waals surface area contributed by atoms with Crippen LogP contribution in [0.15, 0.2) is 36.0 Å². The lowest BCUT2D eigenvalue weighted by atomic mass is 10.2. The molecule has 0 saturated heterocycles. The maximum Gasteiger partial charge on any atom is 0.104 e. The molecule has 0 spiro atoms. The lowest BCUT2D eigenvalue weighted by Crippen LogP contribution is -2.41. The van der Waals surface area contributed by atoms with Crippen LogP contribution in [-0.4, -0.2) is 13.2 Å². The van der Waals surface area contributed by atoms with E-state index >= 15 is 0 Å². The van der Waals surface area contributed by atoms with Crippen molar-refractivity contribution in [3.63, 3.8) is 0 Å². The highest BCUT2D eigenvalue weighted by Gasteiger charge is 2.22. The van der Waals surface area contributed by atoms with Gasteiger partial charge in [0.2, 0.25) is 0 Å². The molecule has 1 rings (SSSR count). The van der Waals surface area contributed by atoms with Gasteiger partial charge >= 0.3 is 0 Å². The number of aliphatic hydroxyl groups is 1. The molecule has 0 aliphatic heterocycles. The van der Waals surface area contributed by atoms with E-state index in [2.05, 4.69) is 43.9 Å².